The third-order valence-electron chi connectivity index (χ3n) is 2.67. The first-order chi connectivity index (χ1) is 8.45. The highest BCUT2D eigenvalue weighted by Gasteiger charge is 2.15. The van der Waals surface area contributed by atoms with Crippen molar-refractivity contribution in [1.29, 1.82) is 0 Å². The lowest BCUT2D eigenvalue weighted by atomic mass is 10.1. The Balaban J connectivity index is 2.75. The van der Waals surface area contributed by atoms with Crippen molar-refractivity contribution >= 4 is 23.4 Å². The predicted octanol–water partition coefficient (Wildman–Crippen LogP) is 2.03. The fourth-order valence-electron chi connectivity index (χ4n) is 1.66. The Morgan fingerprint density at radius 3 is 2.78 bits per heavy atom. The SMILES string of the molecule is CSCC[C@@H](N)C(=O)Nc1cc(C)cc(C)c1O. The number of nitrogens with one attached hydrogen (secondary N) is 1. The fraction of sp³-hybridized carbons (Fsp3) is 0.462. The summed E-state index contributed by atoms with van der Waals surface area (Å²) in [6.45, 7) is 3.71. The zero-order valence-electron chi connectivity index (χ0n) is 11.0. The van der Waals surface area contributed by atoms with Crippen molar-refractivity contribution in [3.63, 3.8) is 0 Å². The molecule has 0 aliphatic carbocycles. The van der Waals surface area contributed by atoms with Crippen LogP contribution >= 0.6 is 11.8 Å². The molecule has 0 unspecified atom stereocenters. The van der Waals surface area contributed by atoms with Crippen LogP contribution in [0.2, 0.25) is 0 Å². The lowest BCUT2D eigenvalue weighted by Gasteiger charge is -2.14. The molecule has 0 aliphatic rings. The standard InChI is InChI=1S/C13H20N2O2S/c1-8-6-9(2)12(16)11(7-8)15-13(17)10(14)4-5-18-3/h6-7,10,16H,4-5,14H2,1-3H3,(H,15,17)/t10-/m1/s1. The molecular weight excluding hydrogens is 248 g/mol. The molecule has 0 fully saturated rings. The van der Waals surface area contributed by atoms with E-state index in [1.807, 2.05) is 19.2 Å². The molecule has 1 atom stereocenters. The summed E-state index contributed by atoms with van der Waals surface area (Å²) in [5.74, 6) is 0.684. The third kappa shape index (κ3) is 3.92. The molecule has 4 nitrogen and oxygen atoms in total. The molecular formula is C13H20N2O2S. The van der Waals surface area contributed by atoms with Crippen molar-refractivity contribution in [2.24, 2.45) is 5.73 Å². The Labute approximate surface area is 112 Å². The van der Waals surface area contributed by atoms with E-state index in [0.29, 0.717) is 12.1 Å². The van der Waals surface area contributed by atoms with Gasteiger partial charge in [-0.2, -0.15) is 11.8 Å². The monoisotopic (exact) mass is 268 g/mol. The van der Waals surface area contributed by atoms with E-state index in [-0.39, 0.29) is 11.7 Å². The van der Waals surface area contributed by atoms with E-state index in [4.69, 9.17) is 5.73 Å². The van der Waals surface area contributed by atoms with Gasteiger partial charge in [-0.1, -0.05) is 6.07 Å². The number of phenols is 1. The number of hydrogen-bond donors (Lipinski definition) is 3. The molecule has 0 bridgehead atoms. The number of amides is 1. The highest BCUT2D eigenvalue weighted by Crippen LogP contribution is 2.28. The lowest BCUT2D eigenvalue weighted by Crippen LogP contribution is -2.36. The van der Waals surface area contributed by atoms with E-state index in [2.05, 4.69) is 5.32 Å². The first kappa shape index (κ1) is 14.9. The molecule has 0 heterocycles. The Morgan fingerprint density at radius 2 is 2.17 bits per heavy atom. The van der Waals surface area contributed by atoms with Crippen molar-refractivity contribution < 1.29 is 9.90 Å². The molecule has 18 heavy (non-hydrogen) atoms. The summed E-state index contributed by atoms with van der Waals surface area (Å²) in [5.41, 5.74) is 7.92. The molecule has 0 saturated heterocycles. The zero-order chi connectivity index (χ0) is 13.7. The van der Waals surface area contributed by atoms with Gasteiger partial charge in [0, 0.05) is 0 Å². The van der Waals surface area contributed by atoms with Gasteiger partial charge in [0.2, 0.25) is 5.91 Å². The predicted molar refractivity (Wildman–Crippen MR) is 77.2 cm³/mol. The first-order valence-corrected chi connectivity index (χ1v) is 7.20. The maximum atomic E-state index is 11.8. The van der Waals surface area contributed by atoms with Crippen LogP contribution in [0.5, 0.6) is 5.75 Å². The Morgan fingerprint density at radius 1 is 1.50 bits per heavy atom. The van der Waals surface area contributed by atoms with E-state index in [0.717, 1.165) is 16.9 Å². The maximum absolute atomic E-state index is 11.8. The number of carbonyl (C=O) groups excluding carboxylic acids is 1. The van der Waals surface area contributed by atoms with Gasteiger partial charge in [0.25, 0.3) is 0 Å². The molecule has 5 heteroatoms. The number of hydrogen-bond acceptors (Lipinski definition) is 4. The molecule has 1 aromatic carbocycles. The van der Waals surface area contributed by atoms with Crippen molar-refractivity contribution in [2.75, 3.05) is 17.3 Å². The van der Waals surface area contributed by atoms with Gasteiger partial charge >= 0.3 is 0 Å². The average molecular weight is 268 g/mol. The molecule has 0 radical (unpaired) electrons. The van der Waals surface area contributed by atoms with Crippen LogP contribution in [-0.4, -0.2) is 29.1 Å². The summed E-state index contributed by atoms with van der Waals surface area (Å²) in [6.07, 6.45) is 2.60. The van der Waals surface area contributed by atoms with Gasteiger partial charge in [0.1, 0.15) is 5.75 Å². The number of rotatable bonds is 5. The van der Waals surface area contributed by atoms with Crippen LogP contribution in [0.4, 0.5) is 5.69 Å². The van der Waals surface area contributed by atoms with E-state index < -0.39 is 6.04 Å². The van der Waals surface area contributed by atoms with Crippen molar-refractivity contribution in [3.05, 3.63) is 23.3 Å². The topological polar surface area (TPSA) is 75.4 Å². The fourth-order valence-corrected chi connectivity index (χ4v) is 2.15. The quantitative estimate of drug-likeness (QED) is 0.714. The second-order valence-corrected chi connectivity index (χ2v) is 5.34. The third-order valence-corrected chi connectivity index (χ3v) is 3.32. The molecule has 1 rings (SSSR count). The van der Waals surface area contributed by atoms with E-state index >= 15 is 0 Å². The second-order valence-electron chi connectivity index (χ2n) is 4.36. The number of thioether (sulfide) groups is 1. The lowest BCUT2D eigenvalue weighted by molar-refractivity contribution is -0.117. The second kappa shape index (κ2) is 6.66. The summed E-state index contributed by atoms with van der Waals surface area (Å²) >= 11 is 1.65. The molecule has 4 N–H and O–H groups in total. The zero-order valence-corrected chi connectivity index (χ0v) is 11.8. The van der Waals surface area contributed by atoms with Crippen molar-refractivity contribution in [3.8, 4) is 5.75 Å². The number of phenolic OH excluding ortho intramolecular Hbond substituents is 1. The Bertz CT molecular complexity index is 435. The van der Waals surface area contributed by atoms with Gasteiger partial charge in [-0.05, 0) is 49.5 Å². The molecule has 0 aliphatic heterocycles. The molecule has 100 valence electrons. The molecule has 0 spiro atoms. The summed E-state index contributed by atoms with van der Waals surface area (Å²) in [7, 11) is 0. The minimum atomic E-state index is -0.544. The Hall–Kier alpha value is -1.20. The minimum absolute atomic E-state index is 0.103. The van der Waals surface area contributed by atoms with Crippen LogP contribution in [-0.2, 0) is 4.79 Å². The van der Waals surface area contributed by atoms with Gasteiger partial charge < -0.3 is 16.2 Å². The minimum Gasteiger partial charge on any atom is -0.505 e. The molecule has 0 saturated carbocycles. The number of carbonyl (C=O) groups is 1. The Kier molecular flexibility index (Phi) is 5.50. The summed E-state index contributed by atoms with van der Waals surface area (Å²) in [6, 6.07) is 3.05. The number of aryl methyl sites for hydroxylation is 2. The molecule has 0 aromatic heterocycles. The van der Waals surface area contributed by atoms with Gasteiger partial charge in [-0.3, -0.25) is 4.79 Å². The van der Waals surface area contributed by atoms with Crippen LogP contribution in [0, 0.1) is 13.8 Å². The van der Waals surface area contributed by atoms with E-state index in [9.17, 15) is 9.90 Å². The summed E-state index contributed by atoms with van der Waals surface area (Å²) in [4.78, 5) is 11.8. The first-order valence-electron chi connectivity index (χ1n) is 5.81. The number of nitrogens with two attached hydrogens (primary N) is 1. The van der Waals surface area contributed by atoms with Crippen LogP contribution in [0.1, 0.15) is 17.5 Å². The summed E-state index contributed by atoms with van der Waals surface area (Å²) < 4.78 is 0. The van der Waals surface area contributed by atoms with Crippen LogP contribution in [0.25, 0.3) is 0 Å². The summed E-state index contributed by atoms with van der Waals surface area (Å²) in [5, 5.41) is 12.5. The highest BCUT2D eigenvalue weighted by atomic mass is 32.2. The largest absolute Gasteiger partial charge is 0.505 e. The van der Waals surface area contributed by atoms with Crippen LogP contribution in [0.15, 0.2) is 12.1 Å². The van der Waals surface area contributed by atoms with E-state index in [1.54, 1.807) is 24.8 Å². The van der Waals surface area contributed by atoms with E-state index in [1.165, 1.54) is 0 Å². The maximum Gasteiger partial charge on any atom is 0.241 e. The number of benzene rings is 1. The number of anilines is 1. The number of aromatic hydroxyl groups is 1. The van der Waals surface area contributed by atoms with Gasteiger partial charge in [0.05, 0.1) is 11.7 Å². The van der Waals surface area contributed by atoms with Gasteiger partial charge in [-0.15, -0.1) is 0 Å². The smallest absolute Gasteiger partial charge is 0.241 e. The van der Waals surface area contributed by atoms with Crippen molar-refractivity contribution in [2.45, 2.75) is 26.3 Å². The highest BCUT2D eigenvalue weighted by molar-refractivity contribution is 7.98. The average Bonchev–Trinajstić information content (AvgIpc) is 2.32. The van der Waals surface area contributed by atoms with Crippen molar-refractivity contribution in [1.82, 2.24) is 0 Å². The van der Waals surface area contributed by atoms with Crippen LogP contribution in [0.3, 0.4) is 0 Å². The normalized spacial score (nSPS) is 12.2. The molecule has 1 aromatic rings. The van der Waals surface area contributed by atoms with Crippen LogP contribution < -0.4 is 11.1 Å². The van der Waals surface area contributed by atoms with Gasteiger partial charge in [0.15, 0.2) is 0 Å². The molecule has 1 amide bonds. The van der Waals surface area contributed by atoms with Gasteiger partial charge in [-0.25, -0.2) is 0 Å².